The first kappa shape index (κ1) is 14.8. The van der Waals surface area contributed by atoms with Crippen molar-refractivity contribution in [2.45, 2.75) is 25.0 Å². The molecule has 0 bridgehead atoms. The van der Waals surface area contributed by atoms with Crippen molar-refractivity contribution in [2.75, 3.05) is 27.9 Å². The highest BCUT2D eigenvalue weighted by Gasteiger charge is 2.51. The first-order valence-corrected chi connectivity index (χ1v) is 6.47. The van der Waals surface area contributed by atoms with E-state index in [1.165, 1.54) is 7.11 Å². The fourth-order valence-electron chi connectivity index (χ4n) is 2.57. The molecule has 0 aromatic heterocycles. The smallest absolute Gasteiger partial charge is 0.343 e. The van der Waals surface area contributed by atoms with Gasteiger partial charge in [0.1, 0.15) is 5.75 Å². The molecular weight excluding hydrogens is 260 g/mol. The van der Waals surface area contributed by atoms with Crippen LogP contribution in [-0.4, -0.2) is 40.0 Å². The molecule has 5 heteroatoms. The average Bonchev–Trinajstić information content (AvgIpc) is 2.92. The Morgan fingerprint density at radius 1 is 1.35 bits per heavy atom. The molecule has 1 heterocycles. The summed E-state index contributed by atoms with van der Waals surface area (Å²) < 4.78 is 21.4. The van der Waals surface area contributed by atoms with Crippen LogP contribution >= 0.6 is 0 Å². The summed E-state index contributed by atoms with van der Waals surface area (Å²) in [6, 6.07) is 5.66. The topological polar surface area (TPSA) is 54.0 Å². The highest BCUT2D eigenvalue weighted by molar-refractivity contribution is 5.83. The fraction of sp³-hybridized carbons (Fsp3) is 0.533. The lowest BCUT2D eigenvalue weighted by Crippen LogP contribution is -2.37. The summed E-state index contributed by atoms with van der Waals surface area (Å²) in [4.78, 5) is 12.3. The number of rotatable bonds is 4. The van der Waals surface area contributed by atoms with E-state index in [9.17, 15) is 4.79 Å². The van der Waals surface area contributed by atoms with Crippen molar-refractivity contribution in [1.82, 2.24) is 0 Å². The van der Waals surface area contributed by atoms with Crippen LogP contribution in [0, 0.1) is 6.92 Å². The second-order valence-electron chi connectivity index (χ2n) is 4.90. The summed E-state index contributed by atoms with van der Waals surface area (Å²) in [5.41, 5.74) is 0.548. The van der Waals surface area contributed by atoms with Gasteiger partial charge in [0.05, 0.1) is 26.9 Å². The minimum absolute atomic E-state index is 0.140. The van der Waals surface area contributed by atoms with Crippen LogP contribution in [0.3, 0.4) is 0 Å². The maximum absolute atomic E-state index is 12.3. The lowest BCUT2D eigenvalue weighted by molar-refractivity contribution is -0.165. The predicted molar refractivity (Wildman–Crippen MR) is 72.8 cm³/mol. The van der Waals surface area contributed by atoms with E-state index in [4.69, 9.17) is 18.9 Å². The van der Waals surface area contributed by atoms with E-state index in [2.05, 4.69) is 0 Å². The Morgan fingerprint density at radius 2 is 2.10 bits per heavy atom. The maximum atomic E-state index is 12.3. The van der Waals surface area contributed by atoms with Crippen LogP contribution < -0.4 is 4.74 Å². The zero-order valence-electron chi connectivity index (χ0n) is 12.3. The van der Waals surface area contributed by atoms with Gasteiger partial charge in [0.15, 0.2) is 5.60 Å². The number of methoxy groups -OCH3 is 3. The van der Waals surface area contributed by atoms with Crippen LogP contribution in [0.5, 0.6) is 5.75 Å². The van der Waals surface area contributed by atoms with Crippen molar-refractivity contribution in [3.63, 3.8) is 0 Å². The van der Waals surface area contributed by atoms with Crippen molar-refractivity contribution < 1.29 is 23.7 Å². The second kappa shape index (κ2) is 5.81. The van der Waals surface area contributed by atoms with Crippen LogP contribution in [0.2, 0.25) is 0 Å². The lowest BCUT2D eigenvalue weighted by atomic mass is 9.88. The van der Waals surface area contributed by atoms with Gasteiger partial charge in [-0.25, -0.2) is 4.79 Å². The molecule has 20 heavy (non-hydrogen) atoms. The molecular formula is C15H20O5. The van der Waals surface area contributed by atoms with Crippen LogP contribution in [-0.2, 0) is 24.6 Å². The molecule has 110 valence electrons. The predicted octanol–water partition coefficient (Wildman–Crippen LogP) is 1.81. The molecule has 0 amide bonds. The number of esters is 1. The molecule has 1 saturated heterocycles. The average molecular weight is 280 g/mol. The summed E-state index contributed by atoms with van der Waals surface area (Å²) in [5.74, 6) is 0.179. The summed E-state index contributed by atoms with van der Waals surface area (Å²) in [6.07, 6.45) is 0.273. The Labute approximate surface area is 118 Å². The van der Waals surface area contributed by atoms with Crippen molar-refractivity contribution in [1.29, 1.82) is 0 Å². The van der Waals surface area contributed by atoms with Gasteiger partial charge in [0.2, 0.25) is 0 Å². The summed E-state index contributed by atoms with van der Waals surface area (Å²) in [7, 11) is 4.53. The SMILES string of the molecule is COC(=O)[C@]1(c2cc(C)ccc2OC)C[C@H](OC)CO1. The number of hydrogen-bond donors (Lipinski definition) is 0. The van der Waals surface area contributed by atoms with E-state index >= 15 is 0 Å². The summed E-state index contributed by atoms with van der Waals surface area (Å²) in [6.45, 7) is 2.30. The number of carbonyl (C=O) groups excluding carboxylic acids is 1. The highest BCUT2D eigenvalue weighted by atomic mass is 16.6. The van der Waals surface area contributed by atoms with Crippen LogP contribution in [0.1, 0.15) is 17.5 Å². The Hall–Kier alpha value is -1.59. The number of carbonyl (C=O) groups is 1. The molecule has 0 saturated carbocycles. The number of aryl methyl sites for hydroxylation is 1. The molecule has 0 spiro atoms. The first-order chi connectivity index (χ1) is 9.57. The molecule has 2 atom stereocenters. The fourth-order valence-corrected chi connectivity index (χ4v) is 2.57. The van der Waals surface area contributed by atoms with Gasteiger partial charge in [-0.05, 0) is 19.1 Å². The minimum Gasteiger partial charge on any atom is -0.496 e. The largest absolute Gasteiger partial charge is 0.496 e. The molecule has 1 fully saturated rings. The Balaban J connectivity index is 2.53. The van der Waals surface area contributed by atoms with Gasteiger partial charge in [-0.15, -0.1) is 0 Å². The summed E-state index contributed by atoms with van der Waals surface area (Å²) in [5, 5.41) is 0. The third kappa shape index (κ3) is 2.39. The number of ether oxygens (including phenoxy) is 4. The lowest BCUT2D eigenvalue weighted by Gasteiger charge is -2.27. The van der Waals surface area contributed by atoms with Crippen LogP contribution in [0.15, 0.2) is 18.2 Å². The van der Waals surface area contributed by atoms with E-state index in [0.29, 0.717) is 24.3 Å². The normalized spacial score (nSPS) is 25.5. The van der Waals surface area contributed by atoms with Gasteiger partial charge in [-0.2, -0.15) is 0 Å². The quantitative estimate of drug-likeness (QED) is 0.787. The van der Waals surface area contributed by atoms with E-state index in [1.54, 1.807) is 14.2 Å². The van der Waals surface area contributed by atoms with E-state index in [1.807, 2.05) is 25.1 Å². The van der Waals surface area contributed by atoms with Crippen molar-refractivity contribution >= 4 is 5.97 Å². The molecule has 0 aliphatic carbocycles. The molecule has 2 rings (SSSR count). The van der Waals surface area contributed by atoms with E-state index < -0.39 is 11.6 Å². The molecule has 1 aromatic carbocycles. The monoisotopic (exact) mass is 280 g/mol. The standard InChI is InChI=1S/C15H20O5/c1-10-5-6-13(18-3)12(7-10)15(14(16)19-4)8-11(17-2)9-20-15/h5-7,11H,8-9H2,1-4H3/t11-,15+/m0/s1. The van der Waals surface area contributed by atoms with E-state index in [0.717, 1.165) is 5.56 Å². The van der Waals surface area contributed by atoms with Gasteiger partial charge in [0.25, 0.3) is 0 Å². The zero-order valence-corrected chi connectivity index (χ0v) is 12.3. The third-order valence-electron chi connectivity index (χ3n) is 3.67. The van der Waals surface area contributed by atoms with Gasteiger partial charge >= 0.3 is 5.97 Å². The molecule has 1 aliphatic rings. The molecule has 5 nitrogen and oxygen atoms in total. The molecule has 1 aromatic rings. The van der Waals surface area contributed by atoms with Gasteiger partial charge < -0.3 is 18.9 Å². The molecule has 0 N–H and O–H groups in total. The Kier molecular flexibility index (Phi) is 4.30. The van der Waals surface area contributed by atoms with Crippen molar-refractivity contribution in [2.24, 2.45) is 0 Å². The van der Waals surface area contributed by atoms with Crippen LogP contribution in [0.25, 0.3) is 0 Å². The Bertz CT molecular complexity index is 499. The zero-order chi connectivity index (χ0) is 14.8. The minimum atomic E-state index is -1.16. The van der Waals surface area contributed by atoms with Crippen LogP contribution in [0.4, 0.5) is 0 Å². The second-order valence-corrected chi connectivity index (χ2v) is 4.90. The highest BCUT2D eigenvalue weighted by Crippen LogP contribution is 2.42. The Morgan fingerprint density at radius 3 is 2.65 bits per heavy atom. The van der Waals surface area contributed by atoms with Crippen molar-refractivity contribution in [3.05, 3.63) is 29.3 Å². The summed E-state index contributed by atoms with van der Waals surface area (Å²) >= 11 is 0. The third-order valence-corrected chi connectivity index (χ3v) is 3.67. The number of benzene rings is 1. The van der Waals surface area contributed by atoms with Gasteiger partial charge in [0, 0.05) is 19.1 Å². The first-order valence-electron chi connectivity index (χ1n) is 6.47. The number of hydrogen-bond acceptors (Lipinski definition) is 5. The van der Waals surface area contributed by atoms with E-state index in [-0.39, 0.29) is 6.10 Å². The molecule has 0 radical (unpaired) electrons. The van der Waals surface area contributed by atoms with Crippen molar-refractivity contribution in [3.8, 4) is 5.75 Å². The molecule has 1 aliphatic heterocycles. The van der Waals surface area contributed by atoms with Gasteiger partial charge in [-0.3, -0.25) is 0 Å². The maximum Gasteiger partial charge on any atom is 0.343 e. The van der Waals surface area contributed by atoms with Gasteiger partial charge in [-0.1, -0.05) is 11.6 Å². The molecule has 0 unspecified atom stereocenters.